The SMILES string of the molecule is CCOC(=O)CN(CC)S(=O)(=O)c1ccc(Br)cc1N. The Kier molecular flexibility index (Phi) is 5.97. The first kappa shape index (κ1) is 16.9. The van der Waals surface area contributed by atoms with Crippen LogP contribution in [-0.4, -0.2) is 38.4 Å². The molecule has 0 aliphatic carbocycles. The third kappa shape index (κ3) is 3.94. The summed E-state index contributed by atoms with van der Waals surface area (Å²) in [5.41, 5.74) is 5.86. The molecule has 2 N–H and O–H groups in total. The number of hydrogen-bond donors (Lipinski definition) is 1. The lowest BCUT2D eigenvalue weighted by atomic mass is 10.3. The maximum Gasteiger partial charge on any atom is 0.321 e. The van der Waals surface area contributed by atoms with Gasteiger partial charge in [-0.1, -0.05) is 22.9 Å². The summed E-state index contributed by atoms with van der Waals surface area (Å²) in [5.74, 6) is -0.589. The molecule has 0 saturated carbocycles. The number of likely N-dealkylation sites (N-methyl/N-ethyl adjacent to an activating group) is 1. The molecule has 0 fully saturated rings. The van der Waals surface area contributed by atoms with Crippen molar-refractivity contribution in [1.29, 1.82) is 0 Å². The lowest BCUT2D eigenvalue weighted by molar-refractivity contribution is -0.143. The maximum atomic E-state index is 12.5. The summed E-state index contributed by atoms with van der Waals surface area (Å²) in [5, 5.41) is 0. The first-order chi connectivity index (χ1) is 9.32. The molecule has 112 valence electrons. The van der Waals surface area contributed by atoms with Crippen LogP contribution in [0.4, 0.5) is 5.69 Å². The fourth-order valence-corrected chi connectivity index (χ4v) is 3.48. The fourth-order valence-electron chi connectivity index (χ4n) is 1.61. The highest BCUT2D eigenvalue weighted by Crippen LogP contribution is 2.25. The minimum Gasteiger partial charge on any atom is -0.465 e. The highest BCUT2D eigenvalue weighted by molar-refractivity contribution is 9.10. The molecule has 20 heavy (non-hydrogen) atoms. The van der Waals surface area contributed by atoms with Crippen molar-refractivity contribution in [2.24, 2.45) is 0 Å². The van der Waals surface area contributed by atoms with E-state index in [4.69, 9.17) is 10.5 Å². The largest absolute Gasteiger partial charge is 0.465 e. The predicted molar refractivity (Wildman–Crippen MR) is 79.6 cm³/mol. The number of hydrogen-bond acceptors (Lipinski definition) is 5. The Bertz CT molecular complexity index is 589. The molecule has 0 spiro atoms. The summed E-state index contributed by atoms with van der Waals surface area (Å²) in [4.78, 5) is 11.4. The molecule has 0 saturated heterocycles. The van der Waals surface area contributed by atoms with Crippen molar-refractivity contribution >= 4 is 37.6 Å². The summed E-state index contributed by atoms with van der Waals surface area (Å²) in [6.45, 7) is 3.33. The minimum absolute atomic E-state index is 0.0214. The lowest BCUT2D eigenvalue weighted by Crippen LogP contribution is -2.36. The molecule has 0 aromatic heterocycles. The number of carbonyl (C=O) groups excluding carboxylic acids is 1. The molecule has 1 aromatic carbocycles. The number of nitrogens with zero attached hydrogens (tertiary/aromatic N) is 1. The number of sulfonamides is 1. The average Bonchev–Trinajstić information content (AvgIpc) is 2.35. The van der Waals surface area contributed by atoms with Crippen LogP contribution in [-0.2, 0) is 19.6 Å². The normalized spacial score (nSPS) is 11.6. The van der Waals surface area contributed by atoms with Gasteiger partial charge in [0.05, 0.1) is 12.3 Å². The van der Waals surface area contributed by atoms with Crippen molar-refractivity contribution in [2.45, 2.75) is 18.7 Å². The Morgan fingerprint density at radius 1 is 1.40 bits per heavy atom. The zero-order valence-corrected chi connectivity index (χ0v) is 13.7. The molecule has 6 nitrogen and oxygen atoms in total. The van der Waals surface area contributed by atoms with Gasteiger partial charge in [0, 0.05) is 11.0 Å². The van der Waals surface area contributed by atoms with Crippen LogP contribution < -0.4 is 5.73 Å². The van der Waals surface area contributed by atoms with Gasteiger partial charge in [-0.3, -0.25) is 4.79 Å². The molecule has 0 unspecified atom stereocenters. The zero-order chi connectivity index (χ0) is 15.3. The Morgan fingerprint density at radius 3 is 2.55 bits per heavy atom. The Balaban J connectivity index is 3.09. The molecule has 0 aliphatic heterocycles. The molecule has 8 heteroatoms. The Morgan fingerprint density at radius 2 is 2.05 bits per heavy atom. The van der Waals surface area contributed by atoms with Gasteiger partial charge in [-0.2, -0.15) is 4.31 Å². The van der Waals surface area contributed by atoms with Crippen LogP contribution in [0, 0.1) is 0 Å². The van der Waals surface area contributed by atoms with Crippen molar-refractivity contribution in [3.05, 3.63) is 22.7 Å². The number of anilines is 1. The topological polar surface area (TPSA) is 89.7 Å². The number of esters is 1. The van der Waals surface area contributed by atoms with Gasteiger partial charge in [-0.05, 0) is 25.1 Å². The molecule has 0 bridgehead atoms. The number of benzene rings is 1. The van der Waals surface area contributed by atoms with E-state index in [9.17, 15) is 13.2 Å². The predicted octanol–water partition coefficient (Wildman–Crippen LogP) is 1.60. The molecular weight excluding hydrogens is 348 g/mol. The highest BCUT2D eigenvalue weighted by atomic mass is 79.9. The highest BCUT2D eigenvalue weighted by Gasteiger charge is 2.27. The van der Waals surface area contributed by atoms with Crippen molar-refractivity contribution < 1.29 is 17.9 Å². The second-order valence-electron chi connectivity index (χ2n) is 3.92. The third-order valence-corrected chi connectivity index (χ3v) is 5.04. The van der Waals surface area contributed by atoms with E-state index in [1.165, 1.54) is 12.1 Å². The van der Waals surface area contributed by atoms with E-state index >= 15 is 0 Å². The number of nitrogen functional groups attached to an aromatic ring is 1. The van der Waals surface area contributed by atoms with E-state index in [0.29, 0.717) is 4.47 Å². The average molecular weight is 365 g/mol. The molecule has 1 aromatic rings. The first-order valence-corrected chi connectivity index (χ1v) is 8.27. The fraction of sp³-hybridized carbons (Fsp3) is 0.417. The van der Waals surface area contributed by atoms with Gasteiger partial charge in [-0.25, -0.2) is 8.42 Å². The van der Waals surface area contributed by atoms with Crippen LogP contribution in [0.15, 0.2) is 27.6 Å². The van der Waals surface area contributed by atoms with Gasteiger partial charge in [0.15, 0.2) is 0 Å². The lowest BCUT2D eigenvalue weighted by Gasteiger charge is -2.20. The molecule has 0 atom stereocenters. The van der Waals surface area contributed by atoms with Gasteiger partial charge in [0.2, 0.25) is 10.0 Å². The Hall–Kier alpha value is -1.12. The zero-order valence-electron chi connectivity index (χ0n) is 11.3. The Labute approximate surface area is 127 Å². The van der Waals surface area contributed by atoms with E-state index in [1.54, 1.807) is 19.9 Å². The van der Waals surface area contributed by atoms with Crippen molar-refractivity contribution in [1.82, 2.24) is 4.31 Å². The standard InChI is InChI=1S/C12H17BrN2O4S/c1-3-15(8-12(16)19-4-2)20(17,18)11-6-5-9(13)7-10(11)14/h5-7H,3-4,8,14H2,1-2H3. The van der Waals surface area contributed by atoms with E-state index in [-0.39, 0.29) is 30.3 Å². The molecule has 0 amide bonds. The van der Waals surface area contributed by atoms with Crippen LogP contribution in [0.2, 0.25) is 0 Å². The van der Waals surface area contributed by atoms with Crippen LogP contribution in [0.1, 0.15) is 13.8 Å². The third-order valence-electron chi connectivity index (χ3n) is 2.55. The molecule has 1 rings (SSSR count). The van der Waals surface area contributed by atoms with Gasteiger partial charge < -0.3 is 10.5 Å². The first-order valence-electron chi connectivity index (χ1n) is 6.03. The summed E-state index contributed by atoms with van der Waals surface area (Å²) >= 11 is 3.22. The summed E-state index contributed by atoms with van der Waals surface area (Å²) in [6.07, 6.45) is 0. The molecule has 0 aliphatic rings. The van der Waals surface area contributed by atoms with Crippen LogP contribution in [0.3, 0.4) is 0 Å². The molecular formula is C12H17BrN2O4S. The molecule has 0 heterocycles. The second-order valence-corrected chi connectivity index (χ2v) is 6.74. The number of halogens is 1. The minimum atomic E-state index is -3.83. The van der Waals surface area contributed by atoms with Gasteiger partial charge in [-0.15, -0.1) is 0 Å². The van der Waals surface area contributed by atoms with Gasteiger partial charge in [0.1, 0.15) is 11.4 Å². The smallest absolute Gasteiger partial charge is 0.321 e. The van der Waals surface area contributed by atoms with E-state index in [0.717, 1.165) is 4.31 Å². The monoisotopic (exact) mass is 364 g/mol. The van der Waals surface area contributed by atoms with E-state index in [2.05, 4.69) is 15.9 Å². The number of carbonyl (C=O) groups is 1. The van der Waals surface area contributed by atoms with Crippen LogP contribution >= 0.6 is 15.9 Å². The van der Waals surface area contributed by atoms with Gasteiger partial charge in [0.25, 0.3) is 0 Å². The summed E-state index contributed by atoms with van der Waals surface area (Å²) < 4.78 is 31.4. The van der Waals surface area contributed by atoms with E-state index in [1.807, 2.05) is 0 Å². The van der Waals surface area contributed by atoms with Gasteiger partial charge >= 0.3 is 5.97 Å². The van der Waals surface area contributed by atoms with Crippen molar-refractivity contribution in [3.8, 4) is 0 Å². The maximum absolute atomic E-state index is 12.5. The van der Waals surface area contributed by atoms with Crippen molar-refractivity contribution in [3.63, 3.8) is 0 Å². The van der Waals surface area contributed by atoms with Crippen molar-refractivity contribution in [2.75, 3.05) is 25.4 Å². The molecule has 0 radical (unpaired) electrons. The number of nitrogens with two attached hydrogens (primary N) is 1. The second kappa shape index (κ2) is 7.05. The number of rotatable bonds is 6. The van der Waals surface area contributed by atoms with E-state index < -0.39 is 16.0 Å². The number of ether oxygens (including phenoxy) is 1. The summed E-state index contributed by atoms with van der Waals surface area (Å²) in [6, 6.07) is 4.50. The quantitative estimate of drug-likeness (QED) is 0.611. The van der Waals surface area contributed by atoms with Crippen LogP contribution in [0.25, 0.3) is 0 Å². The van der Waals surface area contributed by atoms with Crippen LogP contribution in [0.5, 0.6) is 0 Å². The summed E-state index contributed by atoms with van der Waals surface area (Å²) in [7, 11) is -3.83.